The Hall–Kier alpha value is -5.68. The average Bonchev–Trinajstić information content (AvgIpc) is 3.34. The minimum atomic E-state index is -0.559. The molecule has 0 unspecified atom stereocenters. The predicted molar refractivity (Wildman–Crippen MR) is 156 cm³/mol. The molecule has 0 fully saturated rings. The highest BCUT2D eigenvalue weighted by atomic mass is 16.6. The Morgan fingerprint density at radius 3 is 2.76 bits per heavy atom. The second kappa shape index (κ2) is 12.7. The van der Waals surface area contributed by atoms with Crippen LogP contribution in [0.25, 0.3) is 10.9 Å². The molecule has 0 aliphatic heterocycles. The fourth-order valence-corrected chi connectivity index (χ4v) is 4.17. The number of rotatable bonds is 12. The van der Waals surface area contributed by atoms with Crippen LogP contribution >= 0.6 is 0 Å². The lowest BCUT2D eigenvalue weighted by atomic mass is 10.2. The zero-order valence-electron chi connectivity index (χ0n) is 23.0. The molecule has 4 rings (SSSR count). The summed E-state index contributed by atoms with van der Waals surface area (Å²) in [7, 11) is 3.71. The van der Waals surface area contributed by atoms with E-state index < -0.39 is 16.7 Å². The molecule has 0 aliphatic rings. The summed E-state index contributed by atoms with van der Waals surface area (Å²) in [5.41, 5.74) is 7.64. The van der Waals surface area contributed by atoms with Crippen LogP contribution < -0.4 is 16.4 Å². The van der Waals surface area contributed by atoms with E-state index in [2.05, 4.69) is 36.5 Å². The maximum atomic E-state index is 12.7. The van der Waals surface area contributed by atoms with Gasteiger partial charge in [0, 0.05) is 35.7 Å². The third-order valence-corrected chi connectivity index (χ3v) is 6.21. The van der Waals surface area contributed by atoms with Crippen molar-refractivity contribution in [2.75, 3.05) is 31.3 Å². The number of imidazole rings is 1. The van der Waals surface area contributed by atoms with Crippen molar-refractivity contribution in [3.63, 3.8) is 0 Å². The summed E-state index contributed by atoms with van der Waals surface area (Å²) in [6.45, 7) is 0.782. The third kappa shape index (κ3) is 7.49. The molecule has 42 heavy (non-hydrogen) atoms. The molecular weight excluding hydrogens is 540 g/mol. The number of carbonyl (C=O) groups is 2. The summed E-state index contributed by atoms with van der Waals surface area (Å²) in [6, 6.07) is 8.99. The van der Waals surface area contributed by atoms with Gasteiger partial charge in [-0.1, -0.05) is 12.0 Å². The van der Waals surface area contributed by atoms with Gasteiger partial charge in [0.15, 0.2) is 5.69 Å². The number of aromatic nitrogens is 5. The predicted octanol–water partition coefficient (Wildman–Crippen LogP) is 2.50. The largest absolute Gasteiger partial charge is 0.390 e. The number of amides is 2. The number of likely N-dealkylation sites (N-methyl/N-ethyl adjacent to an activating group) is 1. The highest BCUT2D eigenvalue weighted by Gasteiger charge is 2.28. The molecule has 214 valence electrons. The Labute approximate surface area is 241 Å². The first-order chi connectivity index (χ1) is 20.0. The molecule has 4 aromatic rings. The number of nitrogens with zero attached hydrogens (tertiary/aromatic N) is 7. The van der Waals surface area contributed by atoms with E-state index in [9.17, 15) is 19.7 Å². The second-order valence-electron chi connectivity index (χ2n) is 10.0. The molecule has 0 saturated carbocycles. The second-order valence-corrected chi connectivity index (χ2v) is 10.0. The van der Waals surface area contributed by atoms with E-state index in [4.69, 9.17) is 12.2 Å². The van der Waals surface area contributed by atoms with Crippen molar-refractivity contribution in [2.45, 2.75) is 19.5 Å². The van der Waals surface area contributed by atoms with Gasteiger partial charge in [0.2, 0.25) is 18.1 Å². The summed E-state index contributed by atoms with van der Waals surface area (Å²) >= 11 is 0. The van der Waals surface area contributed by atoms with Gasteiger partial charge in [-0.2, -0.15) is 0 Å². The number of anilines is 3. The quantitative estimate of drug-likeness (QED) is 0.0758. The number of carbonyl (C=O) groups excluding carboxylic acids is 2. The fourth-order valence-electron chi connectivity index (χ4n) is 4.17. The van der Waals surface area contributed by atoms with Crippen molar-refractivity contribution in [1.29, 1.82) is 0 Å². The van der Waals surface area contributed by atoms with Crippen molar-refractivity contribution in [1.82, 2.24) is 24.5 Å². The molecule has 3 aromatic heterocycles. The summed E-state index contributed by atoms with van der Waals surface area (Å²) in [6.07, 6.45) is 12.8. The number of pyridine rings is 1. The number of nitrogens with one attached hydrogen (secondary N) is 2. The van der Waals surface area contributed by atoms with E-state index in [-0.39, 0.29) is 29.8 Å². The number of fused-ring (bicyclic) bond motifs is 1. The van der Waals surface area contributed by atoms with E-state index in [1.807, 2.05) is 38.4 Å². The first-order valence-electron chi connectivity index (χ1n) is 12.8. The van der Waals surface area contributed by atoms with Gasteiger partial charge in [-0.25, -0.2) is 15.0 Å². The number of quaternary nitrogens is 1. The Kier molecular flexibility index (Phi) is 8.84. The van der Waals surface area contributed by atoms with Crippen LogP contribution in [0.2, 0.25) is 0 Å². The van der Waals surface area contributed by atoms with Crippen LogP contribution in [-0.4, -0.2) is 66.4 Å². The van der Waals surface area contributed by atoms with Crippen molar-refractivity contribution in [2.24, 2.45) is 5.73 Å². The maximum absolute atomic E-state index is 12.7. The van der Waals surface area contributed by atoms with Crippen molar-refractivity contribution in [3.8, 4) is 12.3 Å². The van der Waals surface area contributed by atoms with Crippen molar-refractivity contribution in [3.05, 3.63) is 82.7 Å². The Morgan fingerprint density at radius 2 is 2.02 bits per heavy atom. The number of primary amides is 1. The summed E-state index contributed by atoms with van der Waals surface area (Å²) < 4.78 is 1.83. The molecule has 0 spiro atoms. The molecule has 4 N–H and O–H groups in total. The first-order valence-corrected chi connectivity index (χ1v) is 12.8. The summed E-state index contributed by atoms with van der Waals surface area (Å²) in [5, 5.41) is 18.1. The maximum Gasteiger partial charge on any atom is 0.390 e. The Bertz CT molecular complexity index is 1720. The zero-order chi connectivity index (χ0) is 30.3. The van der Waals surface area contributed by atoms with Crippen molar-refractivity contribution < 1.29 is 19.0 Å². The molecular formula is C28H29N10O4+. The lowest BCUT2D eigenvalue weighted by Gasteiger charge is -2.28. The van der Waals surface area contributed by atoms with E-state index in [1.54, 1.807) is 16.7 Å². The number of nitro groups is 1. The van der Waals surface area contributed by atoms with Crippen LogP contribution in [0.4, 0.5) is 23.1 Å². The number of aryl methyl sites for hydroxylation is 1. The lowest BCUT2D eigenvalue weighted by molar-refractivity contribution is -0.898. The molecule has 0 atom stereocenters. The molecule has 0 aliphatic carbocycles. The Morgan fingerprint density at radius 1 is 1.21 bits per heavy atom. The van der Waals surface area contributed by atoms with Crippen LogP contribution in [0, 0.1) is 22.5 Å². The van der Waals surface area contributed by atoms with E-state index in [1.165, 1.54) is 24.9 Å². The van der Waals surface area contributed by atoms with Crippen LogP contribution in [0.5, 0.6) is 0 Å². The minimum absolute atomic E-state index is 0.0272. The fraction of sp³-hybridized carbons (Fsp3) is 0.214. The van der Waals surface area contributed by atoms with Crippen LogP contribution in [0.15, 0.2) is 61.3 Å². The summed E-state index contributed by atoms with van der Waals surface area (Å²) in [4.78, 5) is 51.6. The highest BCUT2D eigenvalue weighted by molar-refractivity contribution is 6.00. The molecule has 3 heterocycles. The SMILES string of the molecule is C#Cc1cccc(Nc2ncnc3cnc(NC(=O)/C=C/C[N+](C)(C)Cc4c([N+](=O)[O-])ncn4CCC(N)=O)cc23)c1. The zero-order valence-corrected chi connectivity index (χ0v) is 23.0. The number of nitrogens with two attached hydrogens (primary N) is 1. The Balaban J connectivity index is 1.43. The van der Waals surface area contributed by atoms with Gasteiger partial charge in [-0.3, -0.25) is 9.59 Å². The minimum Gasteiger partial charge on any atom is -0.370 e. The molecule has 2 amide bonds. The number of hydrogen-bond acceptors (Lipinski definition) is 9. The van der Waals surface area contributed by atoms with E-state index >= 15 is 0 Å². The van der Waals surface area contributed by atoms with E-state index in [0.717, 1.165) is 5.69 Å². The summed E-state index contributed by atoms with van der Waals surface area (Å²) in [5.74, 6) is 2.20. The van der Waals surface area contributed by atoms with Crippen LogP contribution in [-0.2, 0) is 22.7 Å². The standard InChI is InChI=1S/C28H28N10O4/c1-4-19-7-5-8-20(13-19)34-27-21-14-25(30-15-22(21)31-17-32-27)35-26(40)9-6-12-38(2,3)16-23-28(37(41)42)33-18-36(23)11-10-24(29)39/h1,5-9,13-15,17-18H,10-12,16H2,2-3H3,(H3-,29,30,31,32,34,35,39,40)/p+1/b9-6+. The molecule has 14 heteroatoms. The topological polar surface area (TPSA) is 184 Å². The van der Waals surface area contributed by atoms with Gasteiger partial charge < -0.3 is 35.5 Å². The van der Waals surface area contributed by atoms with E-state index in [0.29, 0.717) is 40.3 Å². The first kappa shape index (κ1) is 29.3. The van der Waals surface area contributed by atoms with Gasteiger partial charge in [0.1, 0.15) is 24.5 Å². The van der Waals surface area contributed by atoms with Crippen LogP contribution in [0.3, 0.4) is 0 Å². The number of benzene rings is 1. The molecule has 0 radical (unpaired) electrons. The van der Waals surface area contributed by atoms with Gasteiger partial charge in [-0.05, 0) is 40.2 Å². The van der Waals surface area contributed by atoms with Gasteiger partial charge in [0.05, 0.1) is 32.4 Å². The van der Waals surface area contributed by atoms with Crippen molar-refractivity contribution >= 4 is 45.9 Å². The van der Waals surface area contributed by atoms with Gasteiger partial charge in [0.25, 0.3) is 0 Å². The third-order valence-electron chi connectivity index (χ3n) is 6.21. The number of terminal acetylenes is 1. The van der Waals surface area contributed by atoms with Gasteiger partial charge >= 0.3 is 5.82 Å². The monoisotopic (exact) mass is 569 g/mol. The normalized spacial score (nSPS) is 11.4. The smallest absolute Gasteiger partial charge is 0.370 e. The van der Waals surface area contributed by atoms with Crippen LogP contribution in [0.1, 0.15) is 17.7 Å². The molecule has 0 saturated heterocycles. The molecule has 14 nitrogen and oxygen atoms in total. The molecule has 0 bridgehead atoms. The van der Waals surface area contributed by atoms with Gasteiger partial charge in [-0.15, -0.1) is 6.42 Å². The molecule has 1 aromatic carbocycles. The number of hydrogen-bond donors (Lipinski definition) is 3. The average molecular weight is 570 g/mol. The highest BCUT2D eigenvalue weighted by Crippen LogP contribution is 2.25. The lowest BCUT2D eigenvalue weighted by Crippen LogP contribution is -2.39.